The zero-order valence-electron chi connectivity index (χ0n) is 21.1. The minimum absolute atomic E-state index is 0.00102. The third-order valence-electron chi connectivity index (χ3n) is 6.35. The van der Waals surface area contributed by atoms with Crippen LogP contribution in [-0.2, 0) is 38.1 Å². The second-order valence-electron chi connectivity index (χ2n) is 9.01. The van der Waals surface area contributed by atoms with Gasteiger partial charge < -0.3 is 34.1 Å². The van der Waals surface area contributed by atoms with E-state index in [1.807, 2.05) is 48.5 Å². The van der Waals surface area contributed by atoms with Crippen LogP contribution in [-0.4, -0.2) is 73.0 Å². The Morgan fingerprint density at radius 1 is 0.789 bits per heavy atom. The maximum absolute atomic E-state index is 13.0. The van der Waals surface area contributed by atoms with E-state index in [9.17, 15) is 24.3 Å². The van der Waals surface area contributed by atoms with Crippen molar-refractivity contribution in [2.75, 3.05) is 13.2 Å². The molecule has 1 unspecified atom stereocenters. The minimum Gasteiger partial charge on any atom is -0.463 e. The van der Waals surface area contributed by atoms with Crippen molar-refractivity contribution < 1.29 is 48.0 Å². The number of carbonyl (C=O) groups is 4. The van der Waals surface area contributed by atoms with Crippen LogP contribution in [0.1, 0.15) is 37.8 Å². The van der Waals surface area contributed by atoms with Gasteiger partial charge in [0.1, 0.15) is 25.4 Å². The van der Waals surface area contributed by atoms with E-state index in [0.29, 0.717) is 0 Å². The van der Waals surface area contributed by atoms with Gasteiger partial charge in [0, 0.05) is 26.7 Å². The van der Waals surface area contributed by atoms with Crippen molar-refractivity contribution in [2.24, 2.45) is 0 Å². The highest BCUT2D eigenvalue weighted by atomic mass is 16.7. The van der Waals surface area contributed by atoms with E-state index in [1.54, 1.807) is 0 Å². The van der Waals surface area contributed by atoms with Crippen LogP contribution in [0.5, 0.6) is 0 Å². The third kappa shape index (κ3) is 5.95. The smallest absolute Gasteiger partial charge is 0.407 e. The SMILES string of the molecule is CC(=O)OC[C@H]1OC(O)[C@H](OC(C)=O)[C@@H](NC(=O)OCC2c3ccccc3-c3ccccc32)[C@@H]1OC(C)=O. The first-order chi connectivity index (χ1) is 18.2. The van der Waals surface area contributed by atoms with Crippen molar-refractivity contribution in [3.8, 4) is 11.1 Å². The number of aliphatic hydroxyl groups excluding tert-OH is 1. The summed E-state index contributed by atoms with van der Waals surface area (Å²) < 4.78 is 26.5. The van der Waals surface area contributed by atoms with Crippen molar-refractivity contribution in [1.29, 1.82) is 0 Å². The number of nitrogens with one attached hydrogen (secondary N) is 1. The number of hydrogen-bond acceptors (Lipinski definition) is 10. The lowest BCUT2D eigenvalue weighted by molar-refractivity contribution is -0.270. The molecule has 1 aliphatic carbocycles. The molecule has 1 amide bonds. The molecule has 2 aromatic carbocycles. The number of ether oxygens (including phenoxy) is 5. The number of carbonyl (C=O) groups excluding carboxylic acids is 4. The summed E-state index contributed by atoms with van der Waals surface area (Å²) in [7, 11) is 0. The van der Waals surface area contributed by atoms with Crippen LogP contribution in [0.2, 0.25) is 0 Å². The molecule has 2 aromatic rings. The lowest BCUT2D eigenvalue weighted by atomic mass is 9.95. The predicted octanol–water partition coefficient (Wildman–Crippen LogP) is 2.04. The molecule has 0 spiro atoms. The summed E-state index contributed by atoms with van der Waals surface area (Å²) >= 11 is 0. The van der Waals surface area contributed by atoms with Gasteiger partial charge in [-0.1, -0.05) is 48.5 Å². The van der Waals surface area contributed by atoms with Gasteiger partial charge in [0.15, 0.2) is 18.5 Å². The Hall–Kier alpha value is -3.96. The summed E-state index contributed by atoms with van der Waals surface area (Å²) in [4.78, 5) is 48.0. The highest BCUT2D eigenvalue weighted by molar-refractivity contribution is 5.79. The van der Waals surface area contributed by atoms with Crippen molar-refractivity contribution in [1.82, 2.24) is 5.32 Å². The van der Waals surface area contributed by atoms with Gasteiger partial charge >= 0.3 is 24.0 Å². The van der Waals surface area contributed by atoms with Crippen LogP contribution >= 0.6 is 0 Å². The zero-order chi connectivity index (χ0) is 27.4. The molecule has 11 heteroatoms. The monoisotopic (exact) mass is 527 g/mol. The molecule has 0 aromatic heterocycles. The van der Waals surface area contributed by atoms with Crippen molar-refractivity contribution in [2.45, 2.75) is 57.3 Å². The fourth-order valence-corrected chi connectivity index (χ4v) is 4.87. The van der Waals surface area contributed by atoms with Gasteiger partial charge in [0.05, 0.1) is 0 Å². The fraction of sp³-hybridized carbons (Fsp3) is 0.407. The highest BCUT2D eigenvalue weighted by Crippen LogP contribution is 2.44. The Kier molecular flexibility index (Phi) is 8.28. The second-order valence-corrected chi connectivity index (χ2v) is 9.01. The molecule has 1 heterocycles. The quantitative estimate of drug-likeness (QED) is 0.405. The van der Waals surface area contributed by atoms with Gasteiger partial charge in [0.2, 0.25) is 0 Å². The molecule has 2 aliphatic rings. The Labute approximate surface area is 219 Å². The maximum Gasteiger partial charge on any atom is 0.407 e. The minimum atomic E-state index is -1.72. The van der Waals surface area contributed by atoms with Gasteiger partial charge in [-0.05, 0) is 22.3 Å². The number of benzene rings is 2. The van der Waals surface area contributed by atoms with Crippen LogP contribution in [0, 0.1) is 0 Å². The summed E-state index contributed by atoms with van der Waals surface area (Å²) in [6, 6.07) is 14.4. The molecule has 1 saturated heterocycles. The van der Waals surface area contributed by atoms with Crippen LogP contribution < -0.4 is 5.32 Å². The normalized spacial score (nSPS) is 23.9. The van der Waals surface area contributed by atoms with Crippen LogP contribution in [0.25, 0.3) is 11.1 Å². The predicted molar refractivity (Wildman–Crippen MR) is 131 cm³/mol. The van der Waals surface area contributed by atoms with Gasteiger partial charge in [-0.3, -0.25) is 14.4 Å². The topological polar surface area (TPSA) is 147 Å². The van der Waals surface area contributed by atoms with Gasteiger partial charge in [-0.2, -0.15) is 0 Å². The van der Waals surface area contributed by atoms with Gasteiger partial charge in [-0.25, -0.2) is 4.79 Å². The van der Waals surface area contributed by atoms with E-state index in [-0.39, 0.29) is 19.1 Å². The molecule has 1 aliphatic heterocycles. The number of esters is 3. The van der Waals surface area contributed by atoms with E-state index in [4.69, 9.17) is 23.7 Å². The lowest BCUT2D eigenvalue weighted by Crippen LogP contribution is -2.66. The summed E-state index contributed by atoms with van der Waals surface area (Å²) in [5.74, 6) is -2.34. The highest BCUT2D eigenvalue weighted by Gasteiger charge is 2.50. The van der Waals surface area contributed by atoms with Gasteiger partial charge in [0.25, 0.3) is 0 Å². The largest absolute Gasteiger partial charge is 0.463 e. The van der Waals surface area contributed by atoms with Gasteiger partial charge in [-0.15, -0.1) is 0 Å². The molecule has 5 atom stereocenters. The van der Waals surface area contributed by atoms with E-state index < -0.39 is 54.6 Å². The number of rotatable bonds is 7. The Bertz CT molecular complexity index is 1170. The number of hydrogen-bond donors (Lipinski definition) is 2. The molecule has 0 saturated carbocycles. The Balaban J connectivity index is 1.53. The van der Waals surface area contributed by atoms with E-state index in [1.165, 1.54) is 6.92 Å². The first-order valence-electron chi connectivity index (χ1n) is 12.1. The van der Waals surface area contributed by atoms with Crippen molar-refractivity contribution >= 4 is 24.0 Å². The van der Waals surface area contributed by atoms with Crippen molar-refractivity contribution in [3.63, 3.8) is 0 Å². The first kappa shape index (κ1) is 27.1. The molecule has 0 radical (unpaired) electrons. The molecule has 38 heavy (non-hydrogen) atoms. The third-order valence-corrected chi connectivity index (χ3v) is 6.35. The molecule has 202 valence electrons. The average Bonchev–Trinajstić information content (AvgIpc) is 3.18. The molecule has 0 bridgehead atoms. The molecular formula is C27H29NO10. The Morgan fingerprint density at radius 3 is 1.89 bits per heavy atom. The van der Waals surface area contributed by atoms with E-state index in [2.05, 4.69) is 5.32 Å². The summed E-state index contributed by atoms with van der Waals surface area (Å²) in [6.07, 6.45) is -6.49. The number of amides is 1. The summed E-state index contributed by atoms with van der Waals surface area (Å²) in [5.41, 5.74) is 4.14. The van der Waals surface area contributed by atoms with Crippen LogP contribution in [0.3, 0.4) is 0 Å². The molecular weight excluding hydrogens is 498 g/mol. The molecule has 4 rings (SSSR count). The number of fused-ring (bicyclic) bond motifs is 3. The molecule has 1 fully saturated rings. The average molecular weight is 528 g/mol. The molecule has 11 nitrogen and oxygen atoms in total. The molecule has 2 N–H and O–H groups in total. The lowest BCUT2D eigenvalue weighted by Gasteiger charge is -2.43. The Morgan fingerprint density at radius 2 is 1.34 bits per heavy atom. The van der Waals surface area contributed by atoms with Crippen LogP contribution in [0.4, 0.5) is 4.79 Å². The number of alkyl carbamates (subject to hydrolysis) is 1. The first-order valence-corrected chi connectivity index (χ1v) is 12.1. The summed E-state index contributed by atoms with van der Waals surface area (Å²) in [5, 5.41) is 13.1. The number of aliphatic hydroxyl groups is 1. The van der Waals surface area contributed by atoms with Crippen LogP contribution in [0.15, 0.2) is 48.5 Å². The van der Waals surface area contributed by atoms with E-state index in [0.717, 1.165) is 36.1 Å². The standard InChI is InChI=1S/C27H29NO10/c1-14(29)34-13-22-24(36-15(2)30)23(25(26(32)38-22)37-16(3)31)28-27(33)35-12-21-19-10-6-4-8-17(19)18-9-5-7-11-20(18)21/h4-11,21-26,32H,12-13H2,1-3H3,(H,28,33)/t22-,23+,24-,25-,26?/m1/s1. The van der Waals surface area contributed by atoms with Crippen molar-refractivity contribution in [3.05, 3.63) is 59.7 Å². The van der Waals surface area contributed by atoms with E-state index >= 15 is 0 Å². The maximum atomic E-state index is 13.0. The summed E-state index contributed by atoms with van der Waals surface area (Å²) in [6.45, 7) is 3.04. The zero-order valence-corrected chi connectivity index (χ0v) is 21.1. The fourth-order valence-electron chi connectivity index (χ4n) is 4.87. The second kappa shape index (κ2) is 11.6.